The van der Waals surface area contributed by atoms with Crippen molar-refractivity contribution in [1.29, 1.82) is 0 Å². The molecule has 22 heavy (non-hydrogen) atoms. The monoisotopic (exact) mass is 311 g/mol. The molecule has 0 saturated heterocycles. The molecular weight excluding hydrogens is 278 g/mol. The molecule has 0 fully saturated rings. The lowest BCUT2D eigenvalue weighted by Gasteiger charge is -2.14. The molecule has 0 bridgehead atoms. The van der Waals surface area contributed by atoms with Gasteiger partial charge in [-0.15, -0.1) is 0 Å². The van der Waals surface area contributed by atoms with Crippen LogP contribution in [-0.4, -0.2) is 37.0 Å². The first-order chi connectivity index (χ1) is 10.6. The predicted octanol–water partition coefficient (Wildman–Crippen LogP) is 4.09. The molecule has 0 rings (SSSR count). The Balaban J connectivity index is 3.36. The van der Waals surface area contributed by atoms with E-state index in [0.29, 0.717) is 26.0 Å². The van der Waals surface area contributed by atoms with Crippen LogP contribution in [-0.2, 0) is 14.3 Å². The van der Waals surface area contributed by atoms with Gasteiger partial charge in [0.2, 0.25) is 5.91 Å². The van der Waals surface area contributed by atoms with Crippen LogP contribution in [0, 0.1) is 0 Å². The Labute approximate surface area is 135 Å². The van der Waals surface area contributed by atoms with Crippen LogP contribution in [0.1, 0.15) is 71.1 Å². The highest BCUT2D eigenvalue weighted by Crippen LogP contribution is 2.08. The van der Waals surface area contributed by atoms with Crippen LogP contribution in [0.4, 0.5) is 0 Å². The van der Waals surface area contributed by atoms with Crippen LogP contribution in [0.15, 0.2) is 12.7 Å². The first kappa shape index (κ1) is 20.7. The average Bonchev–Trinajstić information content (AvgIpc) is 2.52. The van der Waals surface area contributed by atoms with Crippen LogP contribution in [0.2, 0.25) is 0 Å². The molecule has 0 unspecified atom stereocenters. The van der Waals surface area contributed by atoms with E-state index >= 15 is 0 Å². The van der Waals surface area contributed by atoms with Gasteiger partial charge in [-0.3, -0.25) is 9.59 Å². The topological polar surface area (TPSA) is 46.6 Å². The molecule has 0 heterocycles. The number of unbranched alkanes of at least 4 members (excludes halogenated alkanes) is 7. The summed E-state index contributed by atoms with van der Waals surface area (Å²) in [5.41, 5.74) is 0. The van der Waals surface area contributed by atoms with Crippen molar-refractivity contribution in [3.8, 4) is 0 Å². The second-order valence-electron chi connectivity index (χ2n) is 5.76. The van der Waals surface area contributed by atoms with Crippen molar-refractivity contribution in [2.24, 2.45) is 0 Å². The van der Waals surface area contributed by atoms with Gasteiger partial charge < -0.3 is 9.64 Å². The number of hydrogen-bond donors (Lipinski definition) is 0. The highest BCUT2D eigenvalue weighted by molar-refractivity contribution is 5.86. The zero-order chi connectivity index (χ0) is 16.6. The lowest BCUT2D eigenvalue weighted by atomic mass is 10.1. The van der Waals surface area contributed by atoms with E-state index in [2.05, 4.69) is 13.5 Å². The maximum Gasteiger partial charge on any atom is 0.305 e. The first-order valence-electron chi connectivity index (χ1n) is 8.65. The van der Waals surface area contributed by atoms with Gasteiger partial charge in [-0.1, -0.05) is 58.4 Å². The van der Waals surface area contributed by atoms with E-state index in [1.807, 2.05) is 0 Å². The summed E-state index contributed by atoms with van der Waals surface area (Å²) in [6.07, 6.45) is 12.2. The van der Waals surface area contributed by atoms with E-state index < -0.39 is 0 Å². The molecule has 0 aromatic heterocycles. The third-order valence-electron chi connectivity index (χ3n) is 3.69. The molecule has 0 aliphatic carbocycles. The Morgan fingerprint density at radius 2 is 1.59 bits per heavy atom. The Morgan fingerprint density at radius 1 is 1.00 bits per heavy atom. The highest BCUT2D eigenvalue weighted by Gasteiger charge is 2.06. The van der Waals surface area contributed by atoms with Gasteiger partial charge in [-0.05, 0) is 18.9 Å². The largest absolute Gasteiger partial charge is 0.466 e. The van der Waals surface area contributed by atoms with Gasteiger partial charge in [0.15, 0.2) is 0 Å². The van der Waals surface area contributed by atoms with E-state index in [0.717, 1.165) is 12.8 Å². The van der Waals surface area contributed by atoms with Gasteiger partial charge in [0.1, 0.15) is 0 Å². The van der Waals surface area contributed by atoms with E-state index in [9.17, 15) is 9.59 Å². The molecule has 128 valence electrons. The Hall–Kier alpha value is -1.32. The van der Waals surface area contributed by atoms with E-state index in [4.69, 9.17) is 4.74 Å². The SMILES string of the molecule is C=CC(=O)N(C)CCCC(=O)OCCCCCCCCCC. The molecule has 0 aromatic rings. The van der Waals surface area contributed by atoms with Crippen LogP contribution < -0.4 is 0 Å². The van der Waals surface area contributed by atoms with Crippen molar-refractivity contribution >= 4 is 11.9 Å². The number of ether oxygens (including phenoxy) is 1. The number of likely N-dealkylation sites (N-methyl/N-ethyl adjacent to an activating group) is 1. The summed E-state index contributed by atoms with van der Waals surface area (Å²) in [6, 6.07) is 0. The fraction of sp³-hybridized carbons (Fsp3) is 0.778. The van der Waals surface area contributed by atoms with Gasteiger partial charge in [0.25, 0.3) is 0 Å². The molecule has 0 saturated carbocycles. The van der Waals surface area contributed by atoms with Gasteiger partial charge in [0.05, 0.1) is 6.61 Å². The number of carbonyl (C=O) groups is 2. The van der Waals surface area contributed by atoms with Gasteiger partial charge in [0, 0.05) is 20.0 Å². The molecule has 0 radical (unpaired) electrons. The van der Waals surface area contributed by atoms with Crippen LogP contribution in [0.3, 0.4) is 0 Å². The number of hydrogen-bond acceptors (Lipinski definition) is 3. The molecule has 0 aliphatic rings. The van der Waals surface area contributed by atoms with Crippen LogP contribution >= 0.6 is 0 Å². The average molecular weight is 311 g/mol. The summed E-state index contributed by atoms with van der Waals surface area (Å²) >= 11 is 0. The summed E-state index contributed by atoms with van der Waals surface area (Å²) in [7, 11) is 1.70. The first-order valence-corrected chi connectivity index (χ1v) is 8.65. The summed E-state index contributed by atoms with van der Waals surface area (Å²) < 4.78 is 5.19. The van der Waals surface area contributed by atoms with E-state index in [-0.39, 0.29) is 11.9 Å². The maximum absolute atomic E-state index is 11.5. The lowest BCUT2D eigenvalue weighted by Crippen LogP contribution is -2.26. The minimum Gasteiger partial charge on any atom is -0.466 e. The molecule has 0 N–H and O–H groups in total. The van der Waals surface area contributed by atoms with Gasteiger partial charge in [-0.2, -0.15) is 0 Å². The smallest absolute Gasteiger partial charge is 0.305 e. The van der Waals surface area contributed by atoms with Gasteiger partial charge in [-0.25, -0.2) is 0 Å². The Bertz CT molecular complexity index is 315. The van der Waals surface area contributed by atoms with Crippen molar-refractivity contribution in [2.75, 3.05) is 20.2 Å². The summed E-state index contributed by atoms with van der Waals surface area (Å²) in [5, 5.41) is 0. The third-order valence-corrected chi connectivity index (χ3v) is 3.69. The summed E-state index contributed by atoms with van der Waals surface area (Å²) in [5.74, 6) is -0.283. The van der Waals surface area contributed by atoms with Crippen LogP contribution in [0.5, 0.6) is 0 Å². The van der Waals surface area contributed by atoms with Crippen molar-refractivity contribution in [3.63, 3.8) is 0 Å². The summed E-state index contributed by atoms with van der Waals surface area (Å²) in [6.45, 7) is 6.73. The highest BCUT2D eigenvalue weighted by atomic mass is 16.5. The zero-order valence-electron chi connectivity index (χ0n) is 14.4. The number of carbonyl (C=O) groups excluding carboxylic acids is 2. The normalized spacial score (nSPS) is 10.3. The number of esters is 1. The number of rotatable bonds is 14. The number of amides is 1. The second-order valence-corrected chi connectivity index (χ2v) is 5.76. The zero-order valence-corrected chi connectivity index (χ0v) is 14.4. The van der Waals surface area contributed by atoms with E-state index in [1.54, 1.807) is 11.9 Å². The molecule has 0 aliphatic heterocycles. The molecule has 4 nitrogen and oxygen atoms in total. The van der Waals surface area contributed by atoms with Crippen LogP contribution in [0.25, 0.3) is 0 Å². The molecule has 0 spiro atoms. The minimum absolute atomic E-state index is 0.118. The molecular formula is C18H33NO3. The second kappa shape index (κ2) is 14.6. The molecule has 4 heteroatoms. The summed E-state index contributed by atoms with van der Waals surface area (Å²) in [4.78, 5) is 24.3. The molecule has 1 amide bonds. The van der Waals surface area contributed by atoms with Crippen molar-refractivity contribution in [3.05, 3.63) is 12.7 Å². The Morgan fingerprint density at radius 3 is 2.18 bits per heavy atom. The lowest BCUT2D eigenvalue weighted by molar-refractivity contribution is -0.144. The predicted molar refractivity (Wildman–Crippen MR) is 90.6 cm³/mol. The maximum atomic E-state index is 11.5. The van der Waals surface area contributed by atoms with Crippen molar-refractivity contribution in [2.45, 2.75) is 71.1 Å². The fourth-order valence-electron chi connectivity index (χ4n) is 2.22. The minimum atomic E-state index is -0.164. The fourth-order valence-corrected chi connectivity index (χ4v) is 2.22. The molecule has 0 aromatic carbocycles. The van der Waals surface area contributed by atoms with Gasteiger partial charge >= 0.3 is 5.97 Å². The van der Waals surface area contributed by atoms with Crippen molar-refractivity contribution in [1.82, 2.24) is 4.90 Å². The van der Waals surface area contributed by atoms with Crippen molar-refractivity contribution < 1.29 is 14.3 Å². The van der Waals surface area contributed by atoms with E-state index in [1.165, 1.54) is 44.6 Å². The number of nitrogens with zero attached hydrogens (tertiary/aromatic N) is 1. The molecule has 0 atom stereocenters. The quantitative estimate of drug-likeness (QED) is 0.276. The third kappa shape index (κ3) is 12.4. The standard InChI is InChI=1S/C18H33NO3/c1-4-6-7-8-9-10-11-12-16-22-18(21)14-13-15-19(3)17(20)5-2/h5H,2,4,6-16H2,1,3H3. The Kier molecular flexibility index (Phi) is 13.7.